The Morgan fingerprint density at radius 1 is 0.455 bits per heavy atom. The van der Waals surface area contributed by atoms with Gasteiger partial charge in [-0.3, -0.25) is 0 Å². The smallest absolute Gasteiger partial charge is 0.00268 e. The molecule has 0 heterocycles. The van der Waals surface area contributed by atoms with Gasteiger partial charge in [0.15, 0.2) is 0 Å². The molecule has 4 aromatic rings. The summed E-state index contributed by atoms with van der Waals surface area (Å²) in [6.07, 6.45) is 0. The normalized spacial score (nSPS) is 8.55. The van der Waals surface area contributed by atoms with Gasteiger partial charge in [-0.25, -0.2) is 0 Å². The van der Waals surface area contributed by atoms with Crippen molar-refractivity contribution in [3.63, 3.8) is 0 Å². The third-order valence-electron chi connectivity index (χ3n) is 3.39. The zero-order valence-corrected chi connectivity index (χ0v) is 10.7. The third-order valence-corrected chi connectivity index (χ3v) is 3.39. The van der Waals surface area contributed by atoms with E-state index in [0.717, 1.165) is 0 Å². The van der Waals surface area contributed by atoms with E-state index >= 15 is 0 Å². The molecule has 0 fully saturated rings. The predicted octanol–water partition coefficient (Wildman–Crippen LogP) is 3.86. The summed E-state index contributed by atoms with van der Waals surface area (Å²) in [5.74, 6) is 0. The van der Waals surface area contributed by atoms with Crippen molar-refractivity contribution in [1.29, 1.82) is 0 Å². The molecule has 0 amide bonds. The van der Waals surface area contributed by atoms with E-state index in [0.29, 0.717) is 0 Å². The van der Waals surface area contributed by atoms with Crippen LogP contribution in [0.15, 0.2) is 60.7 Å². The zero-order chi connectivity index (χ0) is 10.5. The average Bonchev–Trinajstić information content (AvgIpc) is 2.36. The summed E-state index contributed by atoms with van der Waals surface area (Å²) >= 11 is 0. The van der Waals surface area contributed by atoms with Crippen molar-refractivity contribution in [2.24, 2.45) is 0 Å². The molecule has 0 radical (unpaired) electrons. The maximum absolute atomic E-state index is 2.21. The minimum atomic E-state index is 0. The molecule has 5 heteroatoms. The Labute approximate surface area is 204 Å². The van der Waals surface area contributed by atoms with E-state index in [1.54, 1.807) is 0 Å². The Bertz CT molecular complexity index is 690. The fourth-order valence-corrected chi connectivity index (χ4v) is 2.67. The maximum Gasteiger partial charge on any atom is -0.00268 e. The van der Waals surface area contributed by atoms with Gasteiger partial charge in [0.2, 0.25) is 0 Å². The molecular formula is C17H21ClNNa3. The molecule has 0 atom stereocenters. The summed E-state index contributed by atoms with van der Waals surface area (Å²) in [7, 11) is 0. The van der Waals surface area contributed by atoms with Crippen LogP contribution in [0.2, 0.25) is 0 Å². The van der Waals surface area contributed by atoms with E-state index in [1.807, 2.05) is 0 Å². The molecule has 1 nitrogen and oxygen atoms in total. The van der Waals surface area contributed by atoms with Crippen LogP contribution in [0.1, 0.15) is 7.43 Å². The van der Waals surface area contributed by atoms with Crippen LogP contribution in [0.4, 0.5) is 0 Å². The average molecular weight is 344 g/mol. The summed E-state index contributed by atoms with van der Waals surface area (Å²) in [5, 5.41) is 8.14. The van der Waals surface area contributed by atoms with Crippen LogP contribution in [0.5, 0.6) is 0 Å². The van der Waals surface area contributed by atoms with Crippen molar-refractivity contribution >= 4 is 133 Å². The Kier molecular flexibility index (Phi) is 14.9. The number of hydrogen-bond donors (Lipinski definition) is 1. The summed E-state index contributed by atoms with van der Waals surface area (Å²) in [5.41, 5.74) is 0. The minimum Gasteiger partial charge on any atom is -0.0610 e. The summed E-state index contributed by atoms with van der Waals surface area (Å²) in [4.78, 5) is 0. The second-order valence-electron chi connectivity index (χ2n) is 4.29. The number of halogens is 1. The van der Waals surface area contributed by atoms with Gasteiger partial charge in [0.1, 0.15) is 0 Å². The molecule has 0 saturated heterocycles. The molecule has 0 aliphatic rings. The van der Waals surface area contributed by atoms with Crippen LogP contribution in [0.3, 0.4) is 0 Å². The minimum absolute atomic E-state index is 0. The van der Waals surface area contributed by atoms with Crippen molar-refractivity contribution in [2.75, 3.05) is 0 Å². The first kappa shape index (κ1) is 28.0. The van der Waals surface area contributed by atoms with Gasteiger partial charge in [-0.15, -0.1) is 12.4 Å². The van der Waals surface area contributed by atoms with Crippen LogP contribution < -0.4 is 6.15 Å². The second kappa shape index (κ2) is 11.7. The molecule has 0 aromatic heterocycles. The van der Waals surface area contributed by atoms with Crippen LogP contribution in [0.25, 0.3) is 32.3 Å². The monoisotopic (exact) mass is 343 g/mol. The second-order valence-corrected chi connectivity index (χ2v) is 4.29. The van der Waals surface area contributed by atoms with Crippen molar-refractivity contribution in [3.8, 4) is 0 Å². The van der Waals surface area contributed by atoms with Gasteiger partial charge >= 0.3 is 88.7 Å². The summed E-state index contributed by atoms with van der Waals surface area (Å²) in [6, 6.07) is 21.9. The third kappa shape index (κ3) is 4.62. The topological polar surface area (TPSA) is 35.0 Å². The van der Waals surface area contributed by atoms with E-state index in [-0.39, 0.29) is 115 Å². The maximum atomic E-state index is 2.21. The number of rotatable bonds is 0. The van der Waals surface area contributed by atoms with E-state index in [2.05, 4.69) is 60.7 Å². The number of hydrogen-bond acceptors (Lipinski definition) is 1. The van der Waals surface area contributed by atoms with Crippen LogP contribution in [-0.2, 0) is 0 Å². The van der Waals surface area contributed by atoms with Crippen LogP contribution in [0, 0.1) is 0 Å². The van der Waals surface area contributed by atoms with E-state index in [1.165, 1.54) is 32.3 Å². The molecule has 0 unspecified atom stereocenters. The molecule has 0 aliphatic heterocycles. The molecule has 0 aliphatic carbocycles. The summed E-state index contributed by atoms with van der Waals surface area (Å²) < 4.78 is 0. The fraction of sp³-hybridized carbons (Fsp3) is 0.0588. The molecular weight excluding hydrogens is 323 g/mol. The van der Waals surface area contributed by atoms with Crippen molar-refractivity contribution in [3.05, 3.63) is 60.7 Å². The van der Waals surface area contributed by atoms with Gasteiger partial charge in [-0.2, -0.15) is 0 Å². The van der Waals surface area contributed by atoms with Crippen molar-refractivity contribution in [2.45, 2.75) is 7.43 Å². The predicted molar refractivity (Wildman–Crippen MR) is 111 cm³/mol. The summed E-state index contributed by atoms with van der Waals surface area (Å²) in [6.45, 7) is 0. The number of benzene rings is 4. The van der Waals surface area contributed by atoms with E-state index in [4.69, 9.17) is 0 Å². The van der Waals surface area contributed by atoms with E-state index in [9.17, 15) is 0 Å². The zero-order valence-electron chi connectivity index (χ0n) is 9.89. The molecule has 0 spiro atoms. The standard InChI is InChI=1S/C16H10.CH4.ClH.H3N.3Na.3H/c1-3-11-7-9-13-5-2-6-14-10-8-12(4-1)15(11)16(13)14;;;;;;;;;/h1-10H;1H4;1H;1H3;;;;;;. The molecule has 22 heavy (non-hydrogen) atoms. The van der Waals surface area contributed by atoms with Crippen LogP contribution in [-0.4, -0.2) is 88.7 Å². The van der Waals surface area contributed by atoms with Gasteiger partial charge < -0.3 is 6.15 Å². The van der Waals surface area contributed by atoms with E-state index < -0.39 is 0 Å². The first-order valence-corrected chi connectivity index (χ1v) is 5.56. The fourth-order valence-electron chi connectivity index (χ4n) is 2.67. The molecule has 104 valence electrons. The van der Waals surface area contributed by atoms with Gasteiger partial charge in [-0.05, 0) is 32.3 Å². The Morgan fingerprint density at radius 2 is 0.682 bits per heavy atom. The first-order chi connectivity index (χ1) is 7.93. The molecule has 3 N–H and O–H groups in total. The molecule has 4 aromatic carbocycles. The molecule has 0 saturated carbocycles. The van der Waals surface area contributed by atoms with Gasteiger partial charge in [0.25, 0.3) is 0 Å². The first-order valence-electron chi connectivity index (χ1n) is 5.56. The quantitative estimate of drug-likeness (QED) is 0.382. The SMILES string of the molecule is C.Cl.N.[NaH].[NaH].[NaH].c1cc2ccc3cccc4ccc(c1)c2c34. The Hall–Kier alpha value is 1.17. The van der Waals surface area contributed by atoms with Gasteiger partial charge in [-0.1, -0.05) is 68.1 Å². The Balaban J connectivity index is -0.000000602. The van der Waals surface area contributed by atoms with Gasteiger partial charge in [0.05, 0.1) is 0 Å². The molecule has 0 bridgehead atoms. The van der Waals surface area contributed by atoms with Gasteiger partial charge in [0, 0.05) is 0 Å². The largest absolute Gasteiger partial charge is 0.0610 e. The van der Waals surface area contributed by atoms with Crippen molar-refractivity contribution < 1.29 is 0 Å². The van der Waals surface area contributed by atoms with Crippen molar-refractivity contribution in [1.82, 2.24) is 6.15 Å². The Morgan fingerprint density at radius 3 is 0.909 bits per heavy atom. The van der Waals surface area contributed by atoms with Crippen LogP contribution >= 0.6 is 12.4 Å². The molecule has 4 rings (SSSR count).